The lowest BCUT2D eigenvalue weighted by Gasteiger charge is -2.33. The molecule has 2 heterocycles. The van der Waals surface area contributed by atoms with E-state index in [0.29, 0.717) is 38.3 Å². The van der Waals surface area contributed by atoms with Gasteiger partial charge in [-0.2, -0.15) is 0 Å². The number of ether oxygens (including phenoxy) is 2. The van der Waals surface area contributed by atoms with Crippen molar-refractivity contribution in [1.29, 1.82) is 0 Å². The van der Waals surface area contributed by atoms with Crippen LogP contribution in [0.3, 0.4) is 0 Å². The molecule has 0 spiro atoms. The quantitative estimate of drug-likeness (QED) is 0.365. The summed E-state index contributed by atoms with van der Waals surface area (Å²) in [6, 6.07) is 6.47. The molecule has 2 amide bonds. The summed E-state index contributed by atoms with van der Waals surface area (Å²) in [5.41, 5.74) is 3.04. The maximum atomic E-state index is 13.9. The summed E-state index contributed by atoms with van der Waals surface area (Å²) in [7, 11) is 1.72. The van der Waals surface area contributed by atoms with E-state index in [9.17, 15) is 9.59 Å². The van der Waals surface area contributed by atoms with Crippen LogP contribution < -0.4 is 5.32 Å². The van der Waals surface area contributed by atoms with Gasteiger partial charge in [-0.3, -0.25) is 4.79 Å². The third-order valence-electron chi connectivity index (χ3n) is 8.06. The van der Waals surface area contributed by atoms with Gasteiger partial charge in [0.25, 0.3) is 5.91 Å². The Kier molecular flexibility index (Phi) is 9.94. The molecule has 0 bridgehead atoms. The Morgan fingerprint density at radius 1 is 1.10 bits per heavy atom. The maximum Gasteiger partial charge on any atom is 0.410 e. The van der Waals surface area contributed by atoms with Crippen molar-refractivity contribution in [1.82, 2.24) is 19.7 Å². The van der Waals surface area contributed by atoms with E-state index < -0.39 is 0 Å². The summed E-state index contributed by atoms with van der Waals surface area (Å²) in [6.07, 6.45) is 5.00. The van der Waals surface area contributed by atoms with E-state index in [2.05, 4.69) is 62.8 Å². The number of fused-ring (bicyclic) bond motifs is 1. The highest BCUT2D eigenvalue weighted by molar-refractivity contribution is 5.98. The topological polar surface area (TPSA) is 76.0 Å². The van der Waals surface area contributed by atoms with Crippen LogP contribution >= 0.6 is 0 Å². The number of aromatic nitrogens is 1. The summed E-state index contributed by atoms with van der Waals surface area (Å²) < 4.78 is 13.1. The van der Waals surface area contributed by atoms with E-state index in [1.165, 1.54) is 10.9 Å². The zero-order valence-corrected chi connectivity index (χ0v) is 24.7. The van der Waals surface area contributed by atoms with Gasteiger partial charge in [0.05, 0.1) is 6.61 Å². The first-order chi connectivity index (χ1) is 18.7. The third kappa shape index (κ3) is 7.34. The Morgan fingerprint density at radius 3 is 2.46 bits per heavy atom. The normalized spacial score (nSPS) is 19.3. The van der Waals surface area contributed by atoms with Crippen LogP contribution in [0.2, 0.25) is 0 Å². The standard InChI is InChI=1S/C31H48N4O4/c1-21(2)20-39-31(37)35(27-9-10-27)19-26-16-32-15-25(26)18-34(22(3)4)30(36)24-8-11-28-23(5)17-33(29(28)14-24)12-7-13-38-6/h8,11,14,17,21-22,25-27,32H,7,9-10,12-13,15-16,18-20H2,1-6H3/t25-,26-/m0/s1. The van der Waals surface area contributed by atoms with E-state index in [0.717, 1.165) is 50.0 Å². The SMILES string of the molecule is COCCCn1cc(C)c2ccc(C(=O)N(C[C@@H]3CNC[C@H]3CN(C(=O)OCC(C)C)C3CC3)C(C)C)cc21. The molecule has 2 aliphatic rings. The Morgan fingerprint density at radius 2 is 1.82 bits per heavy atom. The number of hydrogen-bond acceptors (Lipinski definition) is 5. The molecule has 2 fully saturated rings. The first-order valence-corrected chi connectivity index (χ1v) is 14.7. The predicted octanol–water partition coefficient (Wildman–Crippen LogP) is 4.93. The van der Waals surface area contributed by atoms with Crippen molar-refractivity contribution in [3.63, 3.8) is 0 Å². The van der Waals surface area contributed by atoms with Gasteiger partial charge in [0.15, 0.2) is 0 Å². The molecular formula is C31H48N4O4. The fourth-order valence-corrected chi connectivity index (χ4v) is 5.67. The van der Waals surface area contributed by atoms with E-state index in [-0.39, 0.29) is 29.9 Å². The van der Waals surface area contributed by atoms with Gasteiger partial charge in [-0.25, -0.2) is 4.79 Å². The zero-order valence-electron chi connectivity index (χ0n) is 24.7. The first kappa shape index (κ1) is 29.4. The average molecular weight is 541 g/mol. The Hall–Kier alpha value is -2.58. The van der Waals surface area contributed by atoms with Crippen molar-refractivity contribution in [2.75, 3.05) is 46.5 Å². The first-order valence-electron chi connectivity index (χ1n) is 14.7. The molecular weight excluding hydrogens is 492 g/mol. The lowest BCUT2D eigenvalue weighted by Crippen LogP contribution is -2.45. The van der Waals surface area contributed by atoms with Crippen LogP contribution in [0.5, 0.6) is 0 Å². The van der Waals surface area contributed by atoms with Crippen molar-refractivity contribution in [2.45, 2.75) is 72.5 Å². The molecule has 4 rings (SSSR count). The summed E-state index contributed by atoms with van der Waals surface area (Å²) in [4.78, 5) is 30.7. The minimum atomic E-state index is -0.189. The lowest BCUT2D eigenvalue weighted by atomic mass is 9.94. The van der Waals surface area contributed by atoms with Gasteiger partial charge in [-0.15, -0.1) is 0 Å². The van der Waals surface area contributed by atoms with Crippen LogP contribution in [0.1, 0.15) is 62.9 Å². The minimum absolute atomic E-state index is 0.0650. The minimum Gasteiger partial charge on any atom is -0.449 e. The maximum absolute atomic E-state index is 13.9. The van der Waals surface area contributed by atoms with Gasteiger partial charge in [0.2, 0.25) is 0 Å². The lowest BCUT2D eigenvalue weighted by molar-refractivity contribution is 0.0624. The number of carbonyl (C=O) groups is 2. The van der Waals surface area contributed by atoms with Crippen molar-refractivity contribution >= 4 is 22.9 Å². The number of methoxy groups -OCH3 is 1. The van der Waals surface area contributed by atoms with E-state index >= 15 is 0 Å². The van der Waals surface area contributed by atoms with Crippen molar-refractivity contribution < 1.29 is 19.1 Å². The predicted molar refractivity (Wildman–Crippen MR) is 155 cm³/mol. The number of nitrogens with zero attached hydrogens (tertiary/aromatic N) is 3. The largest absolute Gasteiger partial charge is 0.449 e. The van der Waals surface area contributed by atoms with Gasteiger partial charge >= 0.3 is 6.09 Å². The van der Waals surface area contributed by atoms with Crippen molar-refractivity contribution in [2.24, 2.45) is 17.8 Å². The number of amides is 2. The number of nitrogens with one attached hydrogen (secondary N) is 1. The number of hydrogen-bond donors (Lipinski definition) is 1. The molecule has 1 saturated carbocycles. The molecule has 2 aromatic rings. The highest BCUT2D eigenvalue weighted by atomic mass is 16.6. The second kappa shape index (κ2) is 13.2. The second-order valence-electron chi connectivity index (χ2n) is 12.2. The van der Waals surface area contributed by atoms with Gasteiger partial charge < -0.3 is 29.2 Å². The molecule has 1 aliphatic heterocycles. The second-order valence-corrected chi connectivity index (χ2v) is 12.2. The molecule has 0 radical (unpaired) electrons. The molecule has 1 aromatic carbocycles. The molecule has 2 atom stereocenters. The Bertz CT molecular complexity index is 1120. The van der Waals surface area contributed by atoms with E-state index in [1.807, 2.05) is 15.9 Å². The van der Waals surface area contributed by atoms with Crippen LogP contribution in [0, 0.1) is 24.7 Å². The molecule has 39 heavy (non-hydrogen) atoms. The highest BCUT2D eigenvalue weighted by Crippen LogP contribution is 2.31. The van der Waals surface area contributed by atoms with Gasteiger partial charge in [-0.05, 0) is 75.5 Å². The van der Waals surface area contributed by atoms with E-state index in [1.54, 1.807) is 7.11 Å². The zero-order chi connectivity index (χ0) is 28.1. The highest BCUT2D eigenvalue weighted by Gasteiger charge is 2.39. The Balaban J connectivity index is 1.47. The molecule has 8 nitrogen and oxygen atoms in total. The monoisotopic (exact) mass is 540 g/mol. The van der Waals surface area contributed by atoms with Crippen LogP contribution in [0.25, 0.3) is 10.9 Å². The van der Waals surface area contributed by atoms with Gasteiger partial charge in [0.1, 0.15) is 0 Å². The molecule has 1 saturated heterocycles. The summed E-state index contributed by atoms with van der Waals surface area (Å²) in [6.45, 7) is 15.5. The fourth-order valence-electron chi connectivity index (χ4n) is 5.67. The van der Waals surface area contributed by atoms with Crippen LogP contribution in [0.4, 0.5) is 4.79 Å². The molecule has 1 aliphatic carbocycles. The molecule has 1 aromatic heterocycles. The summed E-state index contributed by atoms with van der Waals surface area (Å²) in [5, 5.41) is 4.71. The smallest absolute Gasteiger partial charge is 0.410 e. The third-order valence-corrected chi connectivity index (χ3v) is 8.06. The summed E-state index contributed by atoms with van der Waals surface area (Å²) >= 11 is 0. The molecule has 1 N–H and O–H groups in total. The van der Waals surface area contributed by atoms with Gasteiger partial charge in [-0.1, -0.05) is 19.9 Å². The number of benzene rings is 1. The average Bonchev–Trinajstić information content (AvgIpc) is 3.57. The van der Waals surface area contributed by atoms with Crippen LogP contribution in [-0.4, -0.2) is 85.0 Å². The van der Waals surface area contributed by atoms with Crippen LogP contribution in [0.15, 0.2) is 24.4 Å². The number of carbonyl (C=O) groups excluding carboxylic acids is 2. The van der Waals surface area contributed by atoms with Crippen molar-refractivity contribution in [3.8, 4) is 0 Å². The van der Waals surface area contributed by atoms with Crippen molar-refractivity contribution in [3.05, 3.63) is 35.5 Å². The number of rotatable bonds is 13. The number of aryl methyl sites for hydroxylation is 2. The van der Waals surface area contributed by atoms with E-state index in [4.69, 9.17) is 9.47 Å². The summed E-state index contributed by atoms with van der Waals surface area (Å²) in [5.74, 6) is 0.946. The Labute approximate surface area is 234 Å². The fraction of sp³-hybridized carbons (Fsp3) is 0.677. The molecule has 216 valence electrons. The van der Waals surface area contributed by atoms with Gasteiger partial charge in [0, 0.05) is 81.2 Å². The molecule has 0 unspecified atom stereocenters. The van der Waals surface area contributed by atoms with Crippen LogP contribution in [-0.2, 0) is 16.0 Å². The molecule has 8 heteroatoms.